The highest BCUT2D eigenvalue weighted by Crippen LogP contribution is 2.44. The molecular weight excluding hydrogens is 252 g/mol. The number of ether oxygens (including phenoxy) is 2. The Bertz CT molecular complexity index is 291. The quantitative estimate of drug-likeness (QED) is 0.477. The van der Waals surface area contributed by atoms with Crippen LogP contribution >= 0.6 is 0 Å². The van der Waals surface area contributed by atoms with Crippen molar-refractivity contribution in [3.63, 3.8) is 0 Å². The smallest absolute Gasteiger partial charge is 0.169 e. The first-order chi connectivity index (χ1) is 9.11. The van der Waals surface area contributed by atoms with Gasteiger partial charge in [-0.3, -0.25) is 0 Å². The van der Waals surface area contributed by atoms with Crippen molar-refractivity contribution >= 4 is 0 Å². The van der Waals surface area contributed by atoms with Crippen LogP contribution < -0.4 is 0 Å². The van der Waals surface area contributed by atoms with E-state index in [1.807, 2.05) is 0 Å². The van der Waals surface area contributed by atoms with Gasteiger partial charge >= 0.3 is 0 Å². The molecule has 3 unspecified atom stereocenters. The highest BCUT2D eigenvalue weighted by Gasteiger charge is 2.56. The van der Waals surface area contributed by atoms with Gasteiger partial charge in [0.25, 0.3) is 0 Å². The maximum Gasteiger partial charge on any atom is 0.169 e. The molecule has 0 aromatic heterocycles. The first-order valence-electron chi connectivity index (χ1n) is 6.96. The zero-order valence-electron chi connectivity index (χ0n) is 11.2. The Balaban J connectivity index is 0.000000637. The van der Waals surface area contributed by atoms with E-state index in [2.05, 4.69) is 0 Å². The van der Waals surface area contributed by atoms with Crippen LogP contribution in [-0.2, 0) is 9.47 Å². The lowest BCUT2D eigenvalue weighted by molar-refractivity contribution is -0.202. The van der Waals surface area contributed by atoms with Gasteiger partial charge in [0.2, 0.25) is 0 Å². The summed E-state index contributed by atoms with van der Waals surface area (Å²) < 4.78 is 11.7. The van der Waals surface area contributed by atoms with E-state index in [0.717, 1.165) is 32.8 Å². The van der Waals surface area contributed by atoms with Crippen LogP contribution in [0.2, 0.25) is 0 Å². The molecule has 1 spiro atoms. The number of fused-ring (bicyclic) bond motifs is 1. The number of hydrogen-bond donors (Lipinski definition) is 4. The van der Waals surface area contributed by atoms with Gasteiger partial charge in [0.1, 0.15) is 18.3 Å². The molecule has 3 fully saturated rings. The molecule has 5 atom stereocenters. The second-order valence-corrected chi connectivity index (χ2v) is 5.50. The van der Waals surface area contributed by atoms with Crippen molar-refractivity contribution in [2.24, 2.45) is 0 Å². The van der Waals surface area contributed by atoms with Crippen molar-refractivity contribution in [3.8, 4) is 0 Å². The number of aliphatic hydroxyl groups excluding tert-OH is 4. The fourth-order valence-electron chi connectivity index (χ4n) is 3.29. The minimum Gasteiger partial charge on any atom is -0.400 e. The predicted octanol–water partition coefficient (Wildman–Crippen LogP) is -0.474. The Morgan fingerprint density at radius 1 is 0.842 bits per heavy atom. The summed E-state index contributed by atoms with van der Waals surface area (Å²) >= 11 is 0. The van der Waals surface area contributed by atoms with Crippen LogP contribution in [0.3, 0.4) is 0 Å². The molecule has 1 saturated heterocycles. The van der Waals surface area contributed by atoms with Crippen molar-refractivity contribution in [3.05, 3.63) is 0 Å². The fourth-order valence-corrected chi connectivity index (χ4v) is 3.29. The lowest BCUT2D eigenvalue weighted by Crippen LogP contribution is -2.54. The van der Waals surface area contributed by atoms with Gasteiger partial charge in [-0.2, -0.15) is 0 Å². The zero-order valence-corrected chi connectivity index (χ0v) is 11.2. The van der Waals surface area contributed by atoms with Gasteiger partial charge in [-0.05, 0) is 12.8 Å². The third-order valence-corrected chi connectivity index (χ3v) is 4.23. The summed E-state index contributed by atoms with van der Waals surface area (Å²) in [7, 11) is 1.00. The average Bonchev–Trinajstić information content (AvgIpc) is 2.79. The maximum atomic E-state index is 9.91. The largest absolute Gasteiger partial charge is 0.400 e. The highest BCUT2D eigenvalue weighted by atomic mass is 16.8. The lowest BCUT2D eigenvalue weighted by atomic mass is 9.87. The fraction of sp³-hybridized carbons (Fsp3) is 1.00. The van der Waals surface area contributed by atoms with Crippen LogP contribution in [0.25, 0.3) is 0 Å². The van der Waals surface area contributed by atoms with Gasteiger partial charge in [-0.1, -0.05) is 6.42 Å². The molecular formula is C13H24O6. The molecule has 0 bridgehead atoms. The minimum absolute atomic E-state index is 0.155. The van der Waals surface area contributed by atoms with Crippen molar-refractivity contribution in [2.45, 2.75) is 74.8 Å². The summed E-state index contributed by atoms with van der Waals surface area (Å²) in [5.41, 5.74) is 0. The van der Waals surface area contributed by atoms with Crippen molar-refractivity contribution in [1.29, 1.82) is 0 Å². The number of hydrogen-bond acceptors (Lipinski definition) is 6. The van der Waals surface area contributed by atoms with E-state index in [1.54, 1.807) is 0 Å². The molecule has 6 heteroatoms. The molecule has 2 aliphatic carbocycles. The predicted molar refractivity (Wildman–Crippen MR) is 66.3 cm³/mol. The van der Waals surface area contributed by atoms with Gasteiger partial charge < -0.3 is 29.9 Å². The summed E-state index contributed by atoms with van der Waals surface area (Å²) in [6, 6.07) is 0. The molecule has 1 heterocycles. The summed E-state index contributed by atoms with van der Waals surface area (Å²) in [6.07, 6.45) is 1.35. The zero-order chi connectivity index (χ0) is 14.0. The normalized spacial score (nSPS) is 44.4. The van der Waals surface area contributed by atoms with Gasteiger partial charge in [0, 0.05) is 26.4 Å². The van der Waals surface area contributed by atoms with E-state index in [-0.39, 0.29) is 6.42 Å². The number of aliphatic hydroxyl groups is 4. The van der Waals surface area contributed by atoms with Crippen molar-refractivity contribution in [2.75, 3.05) is 7.11 Å². The van der Waals surface area contributed by atoms with Crippen LogP contribution in [0.1, 0.15) is 38.5 Å². The van der Waals surface area contributed by atoms with Crippen LogP contribution in [0, 0.1) is 0 Å². The lowest BCUT2D eigenvalue weighted by Gasteiger charge is -2.34. The molecule has 0 aromatic rings. The standard InChI is InChI=1S/C12H20O5.CH4O/c13-7-6-8(14)10-11(9(7)15)17-12(16-10)4-2-1-3-5-12;1-2/h7-11,13-15H,1-6H2;2H,1H3/t7?,8-,9+,10?,11?;/m0./s1. The van der Waals surface area contributed by atoms with E-state index in [0.29, 0.717) is 0 Å². The second kappa shape index (κ2) is 6.03. The van der Waals surface area contributed by atoms with Gasteiger partial charge in [-0.25, -0.2) is 0 Å². The monoisotopic (exact) mass is 276 g/mol. The maximum absolute atomic E-state index is 9.91. The molecule has 1 aliphatic heterocycles. The molecule has 3 rings (SSSR count). The Labute approximate surface area is 113 Å². The number of rotatable bonds is 0. The Morgan fingerprint density at radius 3 is 2.05 bits per heavy atom. The third-order valence-electron chi connectivity index (χ3n) is 4.23. The molecule has 112 valence electrons. The van der Waals surface area contributed by atoms with Crippen LogP contribution in [-0.4, -0.2) is 63.8 Å². The molecule has 0 aromatic carbocycles. The molecule has 3 aliphatic rings. The van der Waals surface area contributed by atoms with Gasteiger partial charge in [0.05, 0.1) is 12.2 Å². The van der Waals surface area contributed by atoms with E-state index in [9.17, 15) is 15.3 Å². The first-order valence-corrected chi connectivity index (χ1v) is 6.96. The summed E-state index contributed by atoms with van der Waals surface area (Å²) in [5.74, 6) is -0.625. The van der Waals surface area contributed by atoms with E-state index < -0.39 is 36.3 Å². The molecule has 19 heavy (non-hydrogen) atoms. The molecule has 6 nitrogen and oxygen atoms in total. The summed E-state index contributed by atoms with van der Waals surface area (Å²) in [6.45, 7) is 0. The Hall–Kier alpha value is -0.240. The average molecular weight is 276 g/mol. The molecule has 4 N–H and O–H groups in total. The first kappa shape index (κ1) is 15.2. The van der Waals surface area contributed by atoms with E-state index in [1.165, 1.54) is 6.42 Å². The molecule has 0 radical (unpaired) electrons. The van der Waals surface area contributed by atoms with Crippen LogP contribution in [0.5, 0.6) is 0 Å². The third kappa shape index (κ3) is 2.79. The van der Waals surface area contributed by atoms with E-state index in [4.69, 9.17) is 14.6 Å². The molecule has 0 amide bonds. The van der Waals surface area contributed by atoms with Crippen LogP contribution in [0.4, 0.5) is 0 Å². The Kier molecular flexibility index (Phi) is 4.81. The second-order valence-electron chi connectivity index (χ2n) is 5.50. The highest BCUT2D eigenvalue weighted by molar-refractivity contribution is 5.00. The van der Waals surface area contributed by atoms with Gasteiger partial charge in [-0.15, -0.1) is 0 Å². The van der Waals surface area contributed by atoms with Gasteiger partial charge in [0.15, 0.2) is 5.79 Å². The van der Waals surface area contributed by atoms with E-state index >= 15 is 0 Å². The SMILES string of the molecule is CO.OC1C[C@H](O)C2OC3(CCCCC3)OC2[C@@H]1O. The minimum atomic E-state index is -0.954. The van der Waals surface area contributed by atoms with Crippen LogP contribution in [0.15, 0.2) is 0 Å². The Morgan fingerprint density at radius 2 is 1.42 bits per heavy atom. The summed E-state index contributed by atoms with van der Waals surface area (Å²) in [4.78, 5) is 0. The summed E-state index contributed by atoms with van der Waals surface area (Å²) in [5, 5.41) is 36.5. The molecule has 2 saturated carbocycles. The topological polar surface area (TPSA) is 99.4 Å². The van der Waals surface area contributed by atoms with Crippen molar-refractivity contribution in [1.82, 2.24) is 0 Å². The van der Waals surface area contributed by atoms with Crippen molar-refractivity contribution < 1.29 is 29.9 Å².